The van der Waals surface area contributed by atoms with Crippen molar-refractivity contribution >= 4 is 57.2 Å². The SMILES string of the molecule is CC(=O)c1ccccc1.OO.[KH]. The first-order valence-electron chi connectivity index (χ1n) is 3.06. The predicted octanol–water partition coefficient (Wildman–Crippen LogP) is 1.26. The molecule has 4 heteroatoms. The Morgan fingerprint density at radius 3 is 1.83 bits per heavy atom. The Labute approximate surface area is 114 Å². The van der Waals surface area contributed by atoms with Gasteiger partial charge in [0, 0.05) is 5.56 Å². The van der Waals surface area contributed by atoms with E-state index in [9.17, 15) is 4.79 Å². The van der Waals surface area contributed by atoms with Crippen LogP contribution in [0.2, 0.25) is 0 Å². The number of carbonyl (C=O) groups is 1. The van der Waals surface area contributed by atoms with Gasteiger partial charge in [0.2, 0.25) is 0 Å². The van der Waals surface area contributed by atoms with Crippen LogP contribution >= 0.6 is 0 Å². The monoisotopic (exact) mass is 194 g/mol. The van der Waals surface area contributed by atoms with Crippen LogP contribution in [0.5, 0.6) is 0 Å². The number of benzene rings is 1. The van der Waals surface area contributed by atoms with E-state index in [4.69, 9.17) is 10.5 Å². The number of ketones is 1. The molecule has 12 heavy (non-hydrogen) atoms. The molecule has 0 spiro atoms. The van der Waals surface area contributed by atoms with Crippen molar-refractivity contribution in [3.05, 3.63) is 35.9 Å². The van der Waals surface area contributed by atoms with Gasteiger partial charge in [0.15, 0.2) is 5.78 Å². The first kappa shape index (κ1) is 14.9. The van der Waals surface area contributed by atoms with E-state index in [0.29, 0.717) is 0 Å². The van der Waals surface area contributed by atoms with Gasteiger partial charge in [0.1, 0.15) is 0 Å². The third kappa shape index (κ3) is 6.02. The topological polar surface area (TPSA) is 57.5 Å². The van der Waals surface area contributed by atoms with Crippen LogP contribution in [-0.2, 0) is 0 Å². The van der Waals surface area contributed by atoms with E-state index in [1.54, 1.807) is 6.92 Å². The summed E-state index contributed by atoms with van der Waals surface area (Å²) in [6.07, 6.45) is 0. The van der Waals surface area contributed by atoms with E-state index in [1.807, 2.05) is 30.3 Å². The molecule has 0 aliphatic heterocycles. The maximum absolute atomic E-state index is 10.6. The third-order valence-electron chi connectivity index (χ3n) is 1.18. The van der Waals surface area contributed by atoms with Crippen LogP contribution in [0.15, 0.2) is 30.3 Å². The van der Waals surface area contributed by atoms with Crippen molar-refractivity contribution in [2.45, 2.75) is 6.92 Å². The molecule has 2 N–H and O–H groups in total. The van der Waals surface area contributed by atoms with Gasteiger partial charge in [0.05, 0.1) is 0 Å². The summed E-state index contributed by atoms with van der Waals surface area (Å²) in [7, 11) is 0. The standard InChI is InChI=1S/C8H8O.K.H2O2.H/c1-7(9)8-5-3-2-4-6-8;;1-2;/h2-6H,1H3;;1-2H;. The quantitative estimate of drug-likeness (QED) is 0.306. The van der Waals surface area contributed by atoms with Gasteiger partial charge < -0.3 is 0 Å². The van der Waals surface area contributed by atoms with Gasteiger partial charge in [-0.1, -0.05) is 30.3 Å². The fourth-order valence-corrected chi connectivity index (χ4v) is 0.673. The fourth-order valence-electron chi connectivity index (χ4n) is 0.673. The average molecular weight is 194 g/mol. The van der Waals surface area contributed by atoms with Crippen LogP contribution in [-0.4, -0.2) is 67.7 Å². The number of hydrogen-bond donors (Lipinski definition) is 2. The van der Waals surface area contributed by atoms with Gasteiger partial charge >= 0.3 is 51.4 Å². The number of hydrogen-bond acceptors (Lipinski definition) is 3. The van der Waals surface area contributed by atoms with Crippen LogP contribution < -0.4 is 0 Å². The first-order chi connectivity index (χ1) is 5.30. The fraction of sp³-hybridized carbons (Fsp3) is 0.125. The molecule has 0 unspecified atom stereocenters. The average Bonchev–Trinajstić information content (AvgIpc) is 2.10. The molecule has 1 aromatic carbocycles. The Bertz CT molecular complexity index is 211. The van der Waals surface area contributed by atoms with Crippen LogP contribution in [0.3, 0.4) is 0 Å². The van der Waals surface area contributed by atoms with E-state index in [-0.39, 0.29) is 57.2 Å². The Morgan fingerprint density at radius 2 is 1.58 bits per heavy atom. The van der Waals surface area contributed by atoms with Crippen molar-refractivity contribution in [3.63, 3.8) is 0 Å². The molecule has 0 aliphatic carbocycles. The third-order valence-corrected chi connectivity index (χ3v) is 1.18. The summed E-state index contributed by atoms with van der Waals surface area (Å²) in [6.45, 7) is 1.56. The van der Waals surface area contributed by atoms with Crippen molar-refractivity contribution in [2.24, 2.45) is 0 Å². The predicted molar refractivity (Wildman–Crippen MR) is 48.9 cm³/mol. The van der Waals surface area contributed by atoms with Crippen LogP contribution in [0.4, 0.5) is 0 Å². The van der Waals surface area contributed by atoms with E-state index in [1.165, 1.54) is 0 Å². The molecule has 0 bridgehead atoms. The molecule has 0 aromatic heterocycles. The molecular weight excluding hydrogens is 183 g/mol. The van der Waals surface area contributed by atoms with Crippen LogP contribution in [0, 0.1) is 0 Å². The number of rotatable bonds is 1. The Morgan fingerprint density at radius 1 is 1.17 bits per heavy atom. The van der Waals surface area contributed by atoms with Gasteiger partial charge in [-0.3, -0.25) is 15.3 Å². The molecule has 0 saturated carbocycles. The number of carbonyl (C=O) groups excluding carboxylic acids is 1. The molecule has 1 rings (SSSR count). The van der Waals surface area contributed by atoms with Gasteiger partial charge in [-0.25, -0.2) is 0 Å². The summed E-state index contributed by atoms with van der Waals surface area (Å²) in [5.41, 5.74) is 0.775. The zero-order valence-corrected chi connectivity index (χ0v) is 6.19. The second kappa shape index (κ2) is 9.53. The molecule has 0 amide bonds. The first-order valence-corrected chi connectivity index (χ1v) is 3.06. The molecule has 62 valence electrons. The van der Waals surface area contributed by atoms with Crippen molar-refractivity contribution in [1.29, 1.82) is 0 Å². The Hall–Kier alpha value is 0.446. The van der Waals surface area contributed by atoms with Crippen LogP contribution in [0.25, 0.3) is 0 Å². The molecular formula is C8H11KO3. The minimum atomic E-state index is 0. The van der Waals surface area contributed by atoms with E-state index < -0.39 is 0 Å². The molecule has 0 saturated heterocycles. The van der Waals surface area contributed by atoms with E-state index in [0.717, 1.165) is 5.56 Å². The molecule has 0 fully saturated rings. The van der Waals surface area contributed by atoms with Crippen molar-refractivity contribution in [2.75, 3.05) is 0 Å². The normalized spacial score (nSPS) is 7.25. The van der Waals surface area contributed by atoms with Crippen molar-refractivity contribution in [1.82, 2.24) is 0 Å². The molecule has 3 nitrogen and oxygen atoms in total. The minimum absolute atomic E-state index is 0. The summed E-state index contributed by atoms with van der Waals surface area (Å²) >= 11 is 0. The van der Waals surface area contributed by atoms with Gasteiger partial charge in [0.25, 0.3) is 0 Å². The molecule has 1 aromatic rings. The summed E-state index contributed by atoms with van der Waals surface area (Å²) in [5, 5.41) is 12.0. The second-order valence-corrected chi connectivity index (χ2v) is 1.92. The molecule has 0 aliphatic rings. The molecule has 0 atom stereocenters. The zero-order chi connectivity index (χ0) is 8.69. The van der Waals surface area contributed by atoms with Gasteiger partial charge in [-0.05, 0) is 6.92 Å². The summed E-state index contributed by atoms with van der Waals surface area (Å²) in [6, 6.07) is 9.23. The molecule has 0 radical (unpaired) electrons. The Kier molecular flexibility index (Phi) is 11.9. The maximum atomic E-state index is 10.6. The van der Waals surface area contributed by atoms with E-state index >= 15 is 0 Å². The summed E-state index contributed by atoms with van der Waals surface area (Å²) in [4.78, 5) is 10.6. The van der Waals surface area contributed by atoms with E-state index in [2.05, 4.69) is 0 Å². The second-order valence-electron chi connectivity index (χ2n) is 1.92. The summed E-state index contributed by atoms with van der Waals surface area (Å²) < 4.78 is 0. The van der Waals surface area contributed by atoms with Crippen molar-refractivity contribution < 1.29 is 15.3 Å². The molecule has 0 heterocycles. The summed E-state index contributed by atoms with van der Waals surface area (Å²) in [5.74, 6) is 0.121. The van der Waals surface area contributed by atoms with Crippen LogP contribution in [0.1, 0.15) is 17.3 Å². The van der Waals surface area contributed by atoms with Crippen molar-refractivity contribution in [3.8, 4) is 0 Å². The Balaban J connectivity index is 0. The number of Topliss-reactive ketones (excluding diaryl/α,β-unsaturated/α-hetero) is 1. The zero-order valence-electron chi connectivity index (χ0n) is 6.19. The van der Waals surface area contributed by atoms with Gasteiger partial charge in [-0.15, -0.1) is 0 Å². The van der Waals surface area contributed by atoms with Gasteiger partial charge in [-0.2, -0.15) is 0 Å².